The van der Waals surface area contributed by atoms with E-state index in [1.165, 1.54) is 0 Å². The summed E-state index contributed by atoms with van der Waals surface area (Å²) in [5.74, 6) is -0.640. The van der Waals surface area contributed by atoms with Crippen LogP contribution in [0.4, 0.5) is 5.69 Å². The summed E-state index contributed by atoms with van der Waals surface area (Å²) in [5.41, 5.74) is 7.20. The summed E-state index contributed by atoms with van der Waals surface area (Å²) in [5, 5.41) is 3.29. The van der Waals surface area contributed by atoms with Gasteiger partial charge in [0.15, 0.2) is 0 Å². The highest BCUT2D eigenvalue weighted by molar-refractivity contribution is 7.80. The van der Waals surface area contributed by atoms with Gasteiger partial charge in [-0.1, -0.05) is 43.2 Å². The molecule has 18 heavy (non-hydrogen) atoms. The summed E-state index contributed by atoms with van der Waals surface area (Å²) in [6.45, 7) is 3.92. The molecule has 1 amide bonds. The monoisotopic (exact) mass is 284 g/mol. The fraction of sp³-hybridized carbons (Fsp3) is 0.385. The largest absolute Gasteiger partial charge is 0.393 e. The van der Waals surface area contributed by atoms with Crippen LogP contribution in [0.3, 0.4) is 0 Å². The average molecular weight is 285 g/mol. The summed E-state index contributed by atoms with van der Waals surface area (Å²) >= 11 is 10.9. The lowest BCUT2D eigenvalue weighted by Gasteiger charge is -2.15. The van der Waals surface area contributed by atoms with E-state index in [2.05, 4.69) is 5.32 Å². The normalized spacial score (nSPS) is 11.9. The molecule has 0 spiro atoms. The first-order valence-corrected chi connectivity index (χ1v) is 6.60. The van der Waals surface area contributed by atoms with Crippen LogP contribution in [0.5, 0.6) is 0 Å². The molecule has 1 aromatic rings. The molecule has 5 heteroatoms. The Morgan fingerprint density at radius 1 is 1.56 bits per heavy atom. The molecule has 3 nitrogen and oxygen atoms in total. The number of benzene rings is 1. The number of hydrogen-bond donors (Lipinski definition) is 2. The van der Waals surface area contributed by atoms with Gasteiger partial charge in [0.2, 0.25) is 5.91 Å². The number of thiocarbonyl (C=S) groups is 1. The number of rotatable bonds is 5. The van der Waals surface area contributed by atoms with Gasteiger partial charge in [-0.25, -0.2) is 0 Å². The van der Waals surface area contributed by atoms with Gasteiger partial charge in [0.25, 0.3) is 0 Å². The fourth-order valence-corrected chi connectivity index (χ4v) is 2.04. The quantitative estimate of drug-likeness (QED) is 0.816. The Morgan fingerprint density at radius 2 is 2.22 bits per heavy atom. The van der Waals surface area contributed by atoms with Crippen molar-refractivity contribution in [3.8, 4) is 0 Å². The van der Waals surface area contributed by atoms with Crippen molar-refractivity contribution in [1.82, 2.24) is 0 Å². The Kier molecular flexibility index (Phi) is 5.56. The summed E-state index contributed by atoms with van der Waals surface area (Å²) in [7, 11) is 0. The number of aryl methyl sites for hydroxylation is 1. The minimum absolute atomic E-state index is 0.197. The molecule has 0 aliphatic rings. The Bertz CT molecular complexity index is 462. The predicted octanol–water partition coefficient (Wildman–Crippen LogP) is 3.29. The summed E-state index contributed by atoms with van der Waals surface area (Å²) in [6.07, 6.45) is 1.49. The second-order valence-electron chi connectivity index (χ2n) is 4.22. The summed E-state index contributed by atoms with van der Waals surface area (Å²) in [6, 6.07) is 5.46. The molecule has 1 aromatic carbocycles. The zero-order valence-corrected chi connectivity index (χ0v) is 12.1. The molecule has 0 aliphatic carbocycles. The zero-order valence-electron chi connectivity index (χ0n) is 10.5. The third-order valence-electron chi connectivity index (χ3n) is 2.62. The highest BCUT2D eigenvalue weighted by atomic mass is 35.5. The standard InChI is InChI=1S/C13H17ClN2OS/c1-3-4-9(12(15)18)13(17)16-11-7-8(2)5-6-10(11)14/h5-7,9H,3-4H2,1-2H3,(H2,15,18)(H,16,17). The van der Waals surface area contributed by atoms with Crippen LogP contribution in [0.2, 0.25) is 5.02 Å². The number of nitrogens with one attached hydrogen (secondary N) is 1. The van der Waals surface area contributed by atoms with E-state index < -0.39 is 5.92 Å². The maximum atomic E-state index is 12.1. The molecule has 0 saturated carbocycles. The lowest BCUT2D eigenvalue weighted by molar-refractivity contribution is -0.118. The molecule has 0 bridgehead atoms. The fourth-order valence-electron chi connectivity index (χ4n) is 1.65. The molecule has 0 aromatic heterocycles. The van der Waals surface area contributed by atoms with E-state index in [0.29, 0.717) is 17.1 Å². The van der Waals surface area contributed by atoms with Crippen molar-refractivity contribution in [2.75, 3.05) is 5.32 Å². The number of carbonyl (C=O) groups is 1. The lowest BCUT2D eigenvalue weighted by Crippen LogP contribution is -2.33. The molecular weight excluding hydrogens is 268 g/mol. The number of carbonyl (C=O) groups excluding carboxylic acids is 1. The Labute approximate surface area is 118 Å². The van der Waals surface area contributed by atoms with E-state index in [1.807, 2.05) is 26.0 Å². The summed E-state index contributed by atoms with van der Waals surface area (Å²) < 4.78 is 0. The zero-order chi connectivity index (χ0) is 13.7. The van der Waals surface area contributed by atoms with Gasteiger partial charge in [0, 0.05) is 0 Å². The maximum absolute atomic E-state index is 12.1. The van der Waals surface area contributed by atoms with E-state index in [1.54, 1.807) is 6.07 Å². The maximum Gasteiger partial charge on any atom is 0.234 e. The van der Waals surface area contributed by atoms with Crippen molar-refractivity contribution >= 4 is 40.4 Å². The average Bonchev–Trinajstić information content (AvgIpc) is 2.30. The van der Waals surface area contributed by atoms with Crippen molar-refractivity contribution in [2.24, 2.45) is 11.7 Å². The van der Waals surface area contributed by atoms with Crippen LogP contribution in [0.15, 0.2) is 18.2 Å². The van der Waals surface area contributed by atoms with Crippen LogP contribution < -0.4 is 11.1 Å². The van der Waals surface area contributed by atoms with Crippen LogP contribution in [0.25, 0.3) is 0 Å². The van der Waals surface area contributed by atoms with Crippen molar-refractivity contribution in [2.45, 2.75) is 26.7 Å². The second-order valence-corrected chi connectivity index (χ2v) is 5.09. The van der Waals surface area contributed by atoms with Gasteiger partial charge in [-0.15, -0.1) is 0 Å². The van der Waals surface area contributed by atoms with Gasteiger partial charge in [0.1, 0.15) is 0 Å². The van der Waals surface area contributed by atoms with Crippen LogP contribution in [-0.4, -0.2) is 10.9 Å². The van der Waals surface area contributed by atoms with Crippen molar-refractivity contribution in [1.29, 1.82) is 0 Å². The third kappa shape index (κ3) is 3.96. The predicted molar refractivity (Wildman–Crippen MR) is 80.0 cm³/mol. The Morgan fingerprint density at radius 3 is 2.78 bits per heavy atom. The van der Waals surface area contributed by atoms with Gasteiger partial charge >= 0.3 is 0 Å². The lowest BCUT2D eigenvalue weighted by atomic mass is 10.0. The number of amides is 1. The van der Waals surface area contributed by atoms with Crippen LogP contribution in [0.1, 0.15) is 25.3 Å². The van der Waals surface area contributed by atoms with Crippen LogP contribution >= 0.6 is 23.8 Å². The Balaban J connectivity index is 2.85. The van der Waals surface area contributed by atoms with Crippen LogP contribution in [0, 0.1) is 12.8 Å². The molecule has 1 atom stereocenters. The van der Waals surface area contributed by atoms with Gasteiger partial charge in [-0.2, -0.15) is 0 Å². The first kappa shape index (κ1) is 14.9. The van der Waals surface area contributed by atoms with Crippen molar-refractivity contribution in [3.63, 3.8) is 0 Å². The van der Waals surface area contributed by atoms with E-state index in [-0.39, 0.29) is 10.9 Å². The molecule has 0 radical (unpaired) electrons. The molecule has 1 rings (SSSR count). The van der Waals surface area contributed by atoms with Crippen molar-refractivity contribution < 1.29 is 4.79 Å². The number of nitrogens with two attached hydrogens (primary N) is 1. The molecular formula is C13H17ClN2OS. The van der Waals surface area contributed by atoms with E-state index in [9.17, 15) is 4.79 Å². The molecule has 1 unspecified atom stereocenters. The molecule has 0 saturated heterocycles. The summed E-state index contributed by atoms with van der Waals surface area (Å²) in [4.78, 5) is 12.3. The first-order chi connectivity index (χ1) is 8.45. The third-order valence-corrected chi connectivity index (χ3v) is 3.23. The van der Waals surface area contributed by atoms with Gasteiger partial charge in [0.05, 0.1) is 21.6 Å². The van der Waals surface area contributed by atoms with Gasteiger partial charge in [-0.05, 0) is 31.0 Å². The van der Waals surface area contributed by atoms with Crippen LogP contribution in [-0.2, 0) is 4.79 Å². The highest BCUT2D eigenvalue weighted by Gasteiger charge is 2.21. The second kappa shape index (κ2) is 6.71. The molecule has 98 valence electrons. The highest BCUT2D eigenvalue weighted by Crippen LogP contribution is 2.23. The SMILES string of the molecule is CCCC(C(=O)Nc1cc(C)ccc1Cl)C(N)=S. The minimum Gasteiger partial charge on any atom is -0.393 e. The van der Waals surface area contributed by atoms with E-state index in [4.69, 9.17) is 29.6 Å². The Hall–Kier alpha value is -1.13. The van der Waals surface area contributed by atoms with E-state index in [0.717, 1.165) is 12.0 Å². The topological polar surface area (TPSA) is 55.1 Å². The van der Waals surface area contributed by atoms with E-state index >= 15 is 0 Å². The molecule has 3 N–H and O–H groups in total. The van der Waals surface area contributed by atoms with Crippen molar-refractivity contribution in [3.05, 3.63) is 28.8 Å². The molecule has 0 fully saturated rings. The van der Waals surface area contributed by atoms with Gasteiger partial charge in [-0.3, -0.25) is 4.79 Å². The number of halogens is 1. The molecule has 0 heterocycles. The minimum atomic E-state index is -0.443. The smallest absolute Gasteiger partial charge is 0.234 e. The number of hydrogen-bond acceptors (Lipinski definition) is 2. The number of anilines is 1. The van der Waals surface area contributed by atoms with Gasteiger partial charge < -0.3 is 11.1 Å². The molecule has 0 aliphatic heterocycles. The first-order valence-electron chi connectivity index (χ1n) is 5.82.